The number of methoxy groups -OCH3 is 1. The van der Waals surface area contributed by atoms with Crippen molar-refractivity contribution in [2.75, 3.05) is 20.4 Å². The lowest BCUT2D eigenvalue weighted by Gasteiger charge is -2.19. The number of urea groups is 1. The number of hydrogen-bond acceptors (Lipinski definition) is 4. The molecule has 0 saturated carbocycles. The molecular weight excluding hydrogens is 310 g/mol. The molecule has 0 spiro atoms. The third-order valence-corrected chi connectivity index (χ3v) is 4.14. The van der Waals surface area contributed by atoms with Crippen LogP contribution in [0.3, 0.4) is 0 Å². The average molecular weight is 331 g/mol. The highest BCUT2D eigenvalue weighted by Gasteiger charge is 2.11. The fraction of sp³-hybridized carbons (Fsp3) is 0.294. The molecule has 2 aromatic rings. The first-order valence-electron chi connectivity index (χ1n) is 7.24. The Morgan fingerprint density at radius 1 is 1.35 bits per heavy atom. The number of ether oxygens (including phenoxy) is 1. The van der Waals surface area contributed by atoms with E-state index in [1.165, 1.54) is 0 Å². The number of amides is 2. The highest BCUT2D eigenvalue weighted by atomic mass is 32.2. The average Bonchev–Trinajstić information content (AvgIpc) is 2.60. The van der Waals surface area contributed by atoms with E-state index in [2.05, 4.69) is 10.3 Å². The fourth-order valence-corrected chi connectivity index (χ4v) is 2.68. The van der Waals surface area contributed by atoms with E-state index >= 15 is 0 Å². The molecule has 0 bridgehead atoms. The van der Waals surface area contributed by atoms with E-state index in [0.29, 0.717) is 13.1 Å². The molecule has 5 nitrogen and oxygen atoms in total. The summed E-state index contributed by atoms with van der Waals surface area (Å²) >= 11 is 1.63. The normalized spacial score (nSPS) is 10.2. The predicted octanol–water partition coefficient (Wildman–Crippen LogP) is 3.15. The van der Waals surface area contributed by atoms with Crippen molar-refractivity contribution >= 4 is 17.8 Å². The van der Waals surface area contributed by atoms with Gasteiger partial charge in [0.05, 0.1) is 19.3 Å². The van der Waals surface area contributed by atoms with Crippen LogP contribution in [-0.4, -0.2) is 36.3 Å². The van der Waals surface area contributed by atoms with E-state index < -0.39 is 0 Å². The monoisotopic (exact) mass is 331 g/mol. The minimum atomic E-state index is -0.136. The molecule has 1 N–H and O–H groups in total. The van der Waals surface area contributed by atoms with Crippen molar-refractivity contribution in [2.45, 2.75) is 18.0 Å². The zero-order valence-electron chi connectivity index (χ0n) is 13.6. The van der Waals surface area contributed by atoms with Gasteiger partial charge in [0, 0.05) is 24.7 Å². The number of pyridine rings is 1. The molecule has 0 aliphatic rings. The predicted molar refractivity (Wildman–Crippen MR) is 92.7 cm³/mol. The second kappa shape index (κ2) is 8.43. The van der Waals surface area contributed by atoms with Crippen LogP contribution >= 0.6 is 11.8 Å². The SMILES string of the molecule is COc1cc(CN(C)C(=O)NCc2ccccn2)ccc1SC. The summed E-state index contributed by atoms with van der Waals surface area (Å²) in [6.07, 6.45) is 3.72. The van der Waals surface area contributed by atoms with Gasteiger partial charge in [-0.05, 0) is 36.1 Å². The van der Waals surface area contributed by atoms with Crippen LogP contribution in [0.25, 0.3) is 0 Å². The van der Waals surface area contributed by atoms with Gasteiger partial charge >= 0.3 is 6.03 Å². The molecule has 23 heavy (non-hydrogen) atoms. The summed E-state index contributed by atoms with van der Waals surface area (Å²) in [5.74, 6) is 0.831. The minimum Gasteiger partial charge on any atom is -0.496 e. The lowest BCUT2D eigenvalue weighted by Crippen LogP contribution is -2.36. The first kappa shape index (κ1) is 17.1. The van der Waals surface area contributed by atoms with E-state index in [9.17, 15) is 4.79 Å². The first-order valence-corrected chi connectivity index (χ1v) is 8.46. The van der Waals surface area contributed by atoms with E-state index in [-0.39, 0.29) is 6.03 Å². The molecule has 1 aromatic carbocycles. The zero-order chi connectivity index (χ0) is 16.7. The molecule has 0 saturated heterocycles. The van der Waals surface area contributed by atoms with Gasteiger partial charge in [0.15, 0.2) is 0 Å². The molecule has 0 aliphatic carbocycles. The topological polar surface area (TPSA) is 54.5 Å². The van der Waals surface area contributed by atoms with Gasteiger partial charge in [0.25, 0.3) is 0 Å². The van der Waals surface area contributed by atoms with Crippen molar-refractivity contribution in [2.24, 2.45) is 0 Å². The van der Waals surface area contributed by atoms with Crippen LogP contribution in [0.5, 0.6) is 5.75 Å². The van der Waals surface area contributed by atoms with Crippen molar-refractivity contribution in [1.29, 1.82) is 0 Å². The molecule has 1 aromatic heterocycles. The maximum Gasteiger partial charge on any atom is 0.317 e. The molecule has 122 valence electrons. The molecule has 0 atom stereocenters. The van der Waals surface area contributed by atoms with E-state index in [1.807, 2.05) is 42.7 Å². The standard InChI is InChI=1S/C17H21N3O2S/c1-20(17(21)19-11-14-6-4-5-9-18-14)12-13-7-8-16(23-3)15(10-13)22-2/h4-10H,11-12H2,1-3H3,(H,19,21). The third-order valence-electron chi connectivity index (χ3n) is 3.36. The van der Waals surface area contributed by atoms with Gasteiger partial charge in [0.2, 0.25) is 0 Å². The number of nitrogens with one attached hydrogen (secondary N) is 1. The molecule has 0 aliphatic heterocycles. The Labute approximate surface area is 141 Å². The van der Waals surface area contributed by atoms with Crippen LogP contribution in [0, 0.1) is 0 Å². The van der Waals surface area contributed by atoms with Gasteiger partial charge in [0.1, 0.15) is 5.75 Å². The first-order chi connectivity index (χ1) is 11.1. The summed E-state index contributed by atoms with van der Waals surface area (Å²) in [6, 6.07) is 11.5. The second-order valence-electron chi connectivity index (χ2n) is 5.03. The molecule has 0 fully saturated rings. The van der Waals surface area contributed by atoms with Crippen molar-refractivity contribution in [3.63, 3.8) is 0 Å². The zero-order valence-corrected chi connectivity index (χ0v) is 14.4. The van der Waals surface area contributed by atoms with Crippen molar-refractivity contribution in [1.82, 2.24) is 15.2 Å². The smallest absolute Gasteiger partial charge is 0.317 e. The summed E-state index contributed by atoms with van der Waals surface area (Å²) in [6.45, 7) is 0.928. The molecule has 0 unspecified atom stereocenters. The summed E-state index contributed by atoms with van der Waals surface area (Å²) in [5, 5.41) is 2.86. The third kappa shape index (κ3) is 4.89. The second-order valence-corrected chi connectivity index (χ2v) is 5.87. The summed E-state index contributed by atoms with van der Waals surface area (Å²) in [5.41, 5.74) is 1.86. The molecule has 1 heterocycles. The van der Waals surface area contributed by atoms with E-state index in [0.717, 1.165) is 21.9 Å². The van der Waals surface area contributed by atoms with Crippen LogP contribution in [0.1, 0.15) is 11.3 Å². The quantitative estimate of drug-likeness (QED) is 0.826. The van der Waals surface area contributed by atoms with Gasteiger partial charge in [-0.15, -0.1) is 11.8 Å². The molecule has 0 radical (unpaired) electrons. The molecule has 6 heteroatoms. The Morgan fingerprint density at radius 2 is 2.17 bits per heavy atom. The Bertz CT molecular complexity index is 650. The van der Waals surface area contributed by atoms with Crippen LogP contribution < -0.4 is 10.1 Å². The Morgan fingerprint density at radius 3 is 2.83 bits per heavy atom. The fourth-order valence-electron chi connectivity index (χ4n) is 2.13. The maximum absolute atomic E-state index is 12.1. The summed E-state index contributed by atoms with van der Waals surface area (Å²) < 4.78 is 5.38. The molecule has 2 amide bonds. The highest BCUT2D eigenvalue weighted by Crippen LogP contribution is 2.28. The number of rotatable bonds is 6. The van der Waals surface area contributed by atoms with Gasteiger partial charge in [-0.25, -0.2) is 4.79 Å². The Balaban J connectivity index is 1.93. The number of carbonyl (C=O) groups is 1. The van der Waals surface area contributed by atoms with Crippen LogP contribution in [0.4, 0.5) is 4.79 Å². The van der Waals surface area contributed by atoms with Gasteiger partial charge < -0.3 is 15.0 Å². The lowest BCUT2D eigenvalue weighted by molar-refractivity contribution is 0.206. The van der Waals surface area contributed by atoms with Gasteiger partial charge in [-0.2, -0.15) is 0 Å². The van der Waals surface area contributed by atoms with Gasteiger partial charge in [-0.1, -0.05) is 12.1 Å². The van der Waals surface area contributed by atoms with Gasteiger partial charge in [-0.3, -0.25) is 4.98 Å². The number of benzene rings is 1. The Kier molecular flexibility index (Phi) is 6.29. The van der Waals surface area contributed by atoms with Crippen LogP contribution in [0.15, 0.2) is 47.5 Å². The minimum absolute atomic E-state index is 0.136. The van der Waals surface area contributed by atoms with Crippen LogP contribution in [0.2, 0.25) is 0 Å². The molecular formula is C17H21N3O2S. The van der Waals surface area contributed by atoms with E-state index in [1.54, 1.807) is 37.0 Å². The summed E-state index contributed by atoms with van der Waals surface area (Å²) in [7, 11) is 3.42. The van der Waals surface area contributed by atoms with Crippen molar-refractivity contribution in [3.05, 3.63) is 53.9 Å². The number of aromatic nitrogens is 1. The van der Waals surface area contributed by atoms with E-state index in [4.69, 9.17) is 4.74 Å². The van der Waals surface area contributed by atoms with Crippen LogP contribution in [-0.2, 0) is 13.1 Å². The lowest BCUT2D eigenvalue weighted by atomic mass is 10.2. The number of carbonyl (C=O) groups excluding carboxylic acids is 1. The number of hydrogen-bond donors (Lipinski definition) is 1. The number of nitrogens with zero attached hydrogens (tertiary/aromatic N) is 2. The van der Waals surface area contributed by atoms with Crippen molar-refractivity contribution in [3.8, 4) is 5.75 Å². The Hall–Kier alpha value is -2.21. The summed E-state index contributed by atoms with van der Waals surface area (Å²) in [4.78, 5) is 19.1. The maximum atomic E-state index is 12.1. The van der Waals surface area contributed by atoms with Crippen molar-refractivity contribution < 1.29 is 9.53 Å². The highest BCUT2D eigenvalue weighted by molar-refractivity contribution is 7.98. The largest absolute Gasteiger partial charge is 0.496 e. The molecule has 2 rings (SSSR count). The number of thioether (sulfide) groups is 1.